The second kappa shape index (κ2) is 7.33. The summed E-state index contributed by atoms with van der Waals surface area (Å²) in [5, 5.41) is 5.54. The molecule has 0 aliphatic carbocycles. The maximum atomic E-state index is 11.9. The number of hydrogen-bond acceptors (Lipinski definition) is 4. The van der Waals surface area contributed by atoms with Crippen molar-refractivity contribution in [1.29, 1.82) is 0 Å². The highest BCUT2D eigenvalue weighted by Crippen LogP contribution is 2.19. The number of carbonyl (C=O) groups excluding carboxylic acids is 2. The van der Waals surface area contributed by atoms with Crippen LogP contribution in [0.3, 0.4) is 0 Å². The van der Waals surface area contributed by atoms with Crippen LogP contribution in [0.2, 0.25) is 0 Å². The lowest BCUT2D eigenvalue weighted by atomic mass is 10.2. The molecule has 4 N–H and O–H groups in total. The van der Waals surface area contributed by atoms with E-state index in [-0.39, 0.29) is 11.9 Å². The van der Waals surface area contributed by atoms with Gasteiger partial charge in [0.2, 0.25) is 5.91 Å². The smallest absolute Gasteiger partial charge is 0.321 e. The minimum absolute atomic E-state index is 0.0918. The van der Waals surface area contributed by atoms with E-state index in [1.807, 2.05) is 18.4 Å². The largest absolute Gasteiger partial charge is 0.336 e. The molecular weight excluding hydrogens is 288 g/mol. The molecule has 0 aromatic heterocycles. The highest BCUT2D eigenvalue weighted by Gasteiger charge is 2.21. The molecule has 1 aromatic carbocycles. The fourth-order valence-corrected chi connectivity index (χ4v) is 2.54. The highest BCUT2D eigenvalue weighted by atomic mass is 32.2. The summed E-state index contributed by atoms with van der Waals surface area (Å²) in [6, 6.07) is 6.59. The van der Waals surface area contributed by atoms with E-state index < -0.39 is 6.04 Å². The van der Waals surface area contributed by atoms with Crippen molar-refractivity contribution in [1.82, 2.24) is 5.32 Å². The summed E-state index contributed by atoms with van der Waals surface area (Å²) in [7, 11) is 0. The van der Waals surface area contributed by atoms with Crippen molar-refractivity contribution >= 4 is 35.1 Å². The summed E-state index contributed by atoms with van der Waals surface area (Å²) in [4.78, 5) is 25.1. The first kappa shape index (κ1) is 15.7. The Bertz CT molecular complexity index is 506. The van der Waals surface area contributed by atoms with Gasteiger partial charge in [-0.25, -0.2) is 4.79 Å². The Labute approximate surface area is 128 Å². The third-order valence-electron chi connectivity index (χ3n) is 3.27. The highest BCUT2D eigenvalue weighted by molar-refractivity contribution is 7.98. The van der Waals surface area contributed by atoms with E-state index in [2.05, 4.69) is 10.6 Å². The van der Waals surface area contributed by atoms with E-state index in [9.17, 15) is 9.59 Å². The Balaban J connectivity index is 1.93. The first-order valence-electron chi connectivity index (χ1n) is 6.82. The zero-order chi connectivity index (χ0) is 15.2. The molecule has 6 nitrogen and oxygen atoms in total. The Kier molecular flexibility index (Phi) is 5.46. The van der Waals surface area contributed by atoms with E-state index in [0.717, 1.165) is 11.4 Å². The molecule has 3 amide bonds. The van der Waals surface area contributed by atoms with Gasteiger partial charge in [-0.3, -0.25) is 9.69 Å². The average molecular weight is 308 g/mol. The number of thioether (sulfide) groups is 1. The van der Waals surface area contributed by atoms with Crippen molar-refractivity contribution in [2.24, 2.45) is 5.73 Å². The second-order valence-corrected chi connectivity index (χ2v) is 5.79. The van der Waals surface area contributed by atoms with Crippen LogP contribution in [0.15, 0.2) is 24.3 Å². The number of rotatable bonds is 6. The zero-order valence-electron chi connectivity index (χ0n) is 12.0. The van der Waals surface area contributed by atoms with Crippen molar-refractivity contribution in [2.75, 3.05) is 35.3 Å². The lowest BCUT2D eigenvalue weighted by molar-refractivity contribution is -0.117. The molecular formula is C14H20N4O2S. The van der Waals surface area contributed by atoms with Gasteiger partial charge in [0.1, 0.15) is 0 Å². The topological polar surface area (TPSA) is 87.5 Å². The summed E-state index contributed by atoms with van der Waals surface area (Å²) in [6.45, 7) is 1.31. The van der Waals surface area contributed by atoms with Gasteiger partial charge in [0.15, 0.2) is 0 Å². The third-order valence-corrected chi connectivity index (χ3v) is 3.92. The second-order valence-electron chi connectivity index (χ2n) is 4.81. The molecule has 1 saturated heterocycles. The van der Waals surface area contributed by atoms with Crippen LogP contribution in [0.25, 0.3) is 0 Å². The van der Waals surface area contributed by atoms with Crippen LogP contribution < -0.4 is 21.3 Å². The van der Waals surface area contributed by atoms with E-state index in [4.69, 9.17) is 5.73 Å². The first-order valence-corrected chi connectivity index (χ1v) is 8.22. The van der Waals surface area contributed by atoms with E-state index in [0.29, 0.717) is 25.2 Å². The summed E-state index contributed by atoms with van der Waals surface area (Å²) in [5.74, 6) is 0.674. The molecule has 0 bridgehead atoms. The van der Waals surface area contributed by atoms with Crippen LogP contribution in [0.5, 0.6) is 0 Å². The van der Waals surface area contributed by atoms with Crippen molar-refractivity contribution < 1.29 is 9.59 Å². The first-order chi connectivity index (χ1) is 10.1. The summed E-state index contributed by atoms with van der Waals surface area (Å²) in [5.41, 5.74) is 7.31. The van der Waals surface area contributed by atoms with Crippen LogP contribution in [-0.4, -0.2) is 43.1 Å². The number of nitrogens with one attached hydrogen (secondary N) is 2. The van der Waals surface area contributed by atoms with Crippen LogP contribution in [0.1, 0.15) is 6.42 Å². The molecule has 114 valence electrons. The molecule has 7 heteroatoms. The Morgan fingerprint density at radius 3 is 2.76 bits per heavy atom. The molecule has 21 heavy (non-hydrogen) atoms. The predicted molar refractivity (Wildman–Crippen MR) is 86.8 cm³/mol. The quantitative estimate of drug-likeness (QED) is 0.738. The molecule has 1 aliphatic heterocycles. The lowest BCUT2D eigenvalue weighted by Crippen LogP contribution is -2.36. The number of anilines is 2. The molecule has 0 spiro atoms. The molecule has 0 unspecified atom stereocenters. The molecule has 1 aromatic rings. The van der Waals surface area contributed by atoms with Gasteiger partial charge in [-0.1, -0.05) is 0 Å². The number of nitrogens with zero attached hydrogens (tertiary/aromatic N) is 1. The summed E-state index contributed by atoms with van der Waals surface area (Å²) in [6.07, 6.45) is 2.64. The van der Waals surface area contributed by atoms with Crippen LogP contribution in [-0.2, 0) is 4.79 Å². The normalized spacial score (nSPS) is 15.7. The van der Waals surface area contributed by atoms with Gasteiger partial charge >= 0.3 is 6.03 Å². The molecule has 0 saturated carbocycles. The molecule has 2 rings (SSSR count). The van der Waals surface area contributed by atoms with E-state index in [1.54, 1.807) is 28.8 Å². The summed E-state index contributed by atoms with van der Waals surface area (Å²) >= 11 is 1.67. The number of amides is 3. The van der Waals surface area contributed by atoms with Gasteiger partial charge in [-0.05, 0) is 42.7 Å². The van der Waals surface area contributed by atoms with Gasteiger partial charge in [0, 0.05) is 24.5 Å². The van der Waals surface area contributed by atoms with Crippen LogP contribution >= 0.6 is 11.8 Å². The van der Waals surface area contributed by atoms with Gasteiger partial charge < -0.3 is 16.4 Å². The minimum atomic E-state index is -0.499. The van der Waals surface area contributed by atoms with E-state index >= 15 is 0 Å². The minimum Gasteiger partial charge on any atom is -0.336 e. The van der Waals surface area contributed by atoms with E-state index in [1.165, 1.54) is 0 Å². The van der Waals surface area contributed by atoms with Gasteiger partial charge in [0.25, 0.3) is 0 Å². The monoisotopic (exact) mass is 308 g/mol. The molecule has 1 fully saturated rings. The number of urea groups is 1. The fraction of sp³-hybridized carbons (Fsp3) is 0.429. The molecule has 0 radical (unpaired) electrons. The average Bonchev–Trinajstić information content (AvgIpc) is 2.91. The van der Waals surface area contributed by atoms with Crippen molar-refractivity contribution in [3.8, 4) is 0 Å². The Morgan fingerprint density at radius 2 is 2.19 bits per heavy atom. The number of carbonyl (C=O) groups is 2. The standard InChI is InChI=1S/C14H20N4O2S/c1-21-9-6-12(15)13(19)17-10-2-4-11(5-3-10)18-8-7-16-14(18)20/h2-5,12H,6-9,15H2,1H3,(H,16,20)(H,17,19)/t12-/m1/s1. The van der Waals surface area contributed by atoms with Gasteiger partial charge in [0.05, 0.1) is 6.04 Å². The number of hydrogen-bond donors (Lipinski definition) is 3. The third kappa shape index (κ3) is 4.12. The van der Waals surface area contributed by atoms with Crippen LogP contribution in [0, 0.1) is 0 Å². The predicted octanol–water partition coefficient (Wildman–Crippen LogP) is 1.24. The molecule has 1 atom stereocenters. The van der Waals surface area contributed by atoms with Crippen molar-refractivity contribution in [3.63, 3.8) is 0 Å². The molecule has 1 heterocycles. The number of benzene rings is 1. The van der Waals surface area contributed by atoms with Crippen LogP contribution in [0.4, 0.5) is 16.2 Å². The van der Waals surface area contributed by atoms with Gasteiger partial charge in [-0.15, -0.1) is 0 Å². The number of nitrogens with two attached hydrogens (primary N) is 1. The maximum Gasteiger partial charge on any atom is 0.321 e. The lowest BCUT2D eigenvalue weighted by Gasteiger charge is -2.15. The SMILES string of the molecule is CSCC[C@@H](N)C(=O)Nc1ccc(N2CCNC2=O)cc1. The zero-order valence-corrected chi connectivity index (χ0v) is 12.8. The van der Waals surface area contributed by atoms with Gasteiger partial charge in [-0.2, -0.15) is 11.8 Å². The van der Waals surface area contributed by atoms with Crippen molar-refractivity contribution in [2.45, 2.75) is 12.5 Å². The maximum absolute atomic E-state index is 11.9. The Morgan fingerprint density at radius 1 is 1.48 bits per heavy atom. The van der Waals surface area contributed by atoms with Crippen molar-refractivity contribution in [3.05, 3.63) is 24.3 Å². The Hall–Kier alpha value is -1.73. The molecule has 1 aliphatic rings. The summed E-state index contributed by atoms with van der Waals surface area (Å²) < 4.78 is 0. The fourth-order valence-electron chi connectivity index (χ4n) is 2.05.